The third-order valence-corrected chi connectivity index (χ3v) is 5.75. The summed E-state index contributed by atoms with van der Waals surface area (Å²) in [6, 6.07) is 4.02. The van der Waals surface area contributed by atoms with E-state index in [0.29, 0.717) is 19.3 Å². The molecule has 1 aromatic rings. The van der Waals surface area contributed by atoms with Crippen molar-refractivity contribution < 1.29 is 23.1 Å². The Morgan fingerprint density at radius 1 is 1.43 bits per heavy atom. The van der Waals surface area contributed by atoms with Crippen molar-refractivity contribution in [1.29, 1.82) is 0 Å². The Labute approximate surface area is 128 Å². The summed E-state index contributed by atoms with van der Waals surface area (Å²) in [4.78, 5) is 11.7. The van der Waals surface area contributed by atoms with Crippen LogP contribution in [0.25, 0.3) is 0 Å². The van der Waals surface area contributed by atoms with E-state index in [0.717, 1.165) is 0 Å². The van der Waals surface area contributed by atoms with Crippen LogP contribution in [0.1, 0.15) is 19.3 Å². The van der Waals surface area contributed by atoms with E-state index in [9.17, 15) is 18.3 Å². The van der Waals surface area contributed by atoms with Crippen LogP contribution in [0.15, 0.2) is 18.2 Å². The SMILES string of the molecule is COC(=O)C1CCCC1S(=O)(=O)Nc1ccc(O)c(Cl)c1. The number of sulfonamides is 1. The van der Waals surface area contributed by atoms with Gasteiger partial charge >= 0.3 is 5.97 Å². The van der Waals surface area contributed by atoms with Crippen molar-refractivity contribution in [3.63, 3.8) is 0 Å². The molecular formula is C13H16ClNO5S. The zero-order valence-corrected chi connectivity index (χ0v) is 12.9. The molecule has 0 radical (unpaired) electrons. The van der Waals surface area contributed by atoms with E-state index in [1.807, 2.05) is 0 Å². The summed E-state index contributed by atoms with van der Waals surface area (Å²) in [5.41, 5.74) is 0.244. The van der Waals surface area contributed by atoms with Crippen molar-refractivity contribution >= 4 is 33.3 Å². The monoisotopic (exact) mass is 333 g/mol. The third-order valence-electron chi connectivity index (χ3n) is 3.56. The maximum atomic E-state index is 12.4. The van der Waals surface area contributed by atoms with Gasteiger partial charge < -0.3 is 9.84 Å². The molecule has 2 N–H and O–H groups in total. The van der Waals surface area contributed by atoms with Gasteiger partial charge in [0.05, 0.1) is 29.0 Å². The molecule has 0 aromatic heterocycles. The van der Waals surface area contributed by atoms with Gasteiger partial charge in [-0.1, -0.05) is 18.0 Å². The van der Waals surface area contributed by atoms with Gasteiger partial charge in [-0.2, -0.15) is 0 Å². The molecule has 0 heterocycles. The fourth-order valence-corrected chi connectivity index (χ4v) is 4.47. The van der Waals surface area contributed by atoms with E-state index in [-0.39, 0.29) is 16.5 Å². The van der Waals surface area contributed by atoms with Gasteiger partial charge in [-0.25, -0.2) is 8.42 Å². The molecule has 2 rings (SSSR count). The minimum Gasteiger partial charge on any atom is -0.506 e. The summed E-state index contributed by atoms with van der Waals surface area (Å²) in [5.74, 6) is -1.29. The standard InChI is InChI=1S/C13H16ClNO5S/c1-20-13(17)9-3-2-4-12(9)21(18,19)15-8-5-6-11(16)10(14)7-8/h5-7,9,12,15-16H,2-4H2,1H3. The molecular weight excluding hydrogens is 318 g/mol. The van der Waals surface area contributed by atoms with Crippen molar-refractivity contribution in [3.8, 4) is 5.75 Å². The summed E-state index contributed by atoms with van der Waals surface area (Å²) in [6.07, 6.45) is 1.55. The minimum atomic E-state index is -3.74. The van der Waals surface area contributed by atoms with Crippen LogP contribution in [-0.2, 0) is 19.6 Å². The van der Waals surface area contributed by atoms with Crippen molar-refractivity contribution in [3.05, 3.63) is 23.2 Å². The van der Waals surface area contributed by atoms with E-state index < -0.39 is 27.2 Å². The number of carbonyl (C=O) groups is 1. The fraction of sp³-hybridized carbons (Fsp3) is 0.462. The van der Waals surface area contributed by atoms with Gasteiger partial charge in [-0.05, 0) is 31.0 Å². The first-order valence-corrected chi connectivity index (χ1v) is 8.35. The van der Waals surface area contributed by atoms with E-state index >= 15 is 0 Å². The first-order chi connectivity index (χ1) is 9.85. The highest BCUT2D eigenvalue weighted by Gasteiger charge is 2.42. The first-order valence-electron chi connectivity index (χ1n) is 6.43. The molecule has 2 unspecified atom stereocenters. The number of hydrogen-bond donors (Lipinski definition) is 2. The number of phenolic OH excluding ortho intramolecular Hbond substituents is 1. The number of aromatic hydroxyl groups is 1. The number of methoxy groups -OCH3 is 1. The number of esters is 1. The highest BCUT2D eigenvalue weighted by Crippen LogP contribution is 2.34. The number of anilines is 1. The van der Waals surface area contributed by atoms with Gasteiger partial charge in [0, 0.05) is 0 Å². The minimum absolute atomic E-state index is 0.0474. The van der Waals surface area contributed by atoms with Gasteiger partial charge in [0.1, 0.15) is 5.75 Å². The normalized spacial score (nSPS) is 22.0. The molecule has 0 amide bonds. The molecule has 1 aromatic carbocycles. The second kappa shape index (κ2) is 6.11. The maximum Gasteiger partial charge on any atom is 0.310 e. The van der Waals surface area contributed by atoms with Gasteiger partial charge in [0.25, 0.3) is 0 Å². The maximum absolute atomic E-state index is 12.4. The van der Waals surface area contributed by atoms with Crippen LogP contribution in [0.5, 0.6) is 5.75 Å². The molecule has 0 saturated heterocycles. The number of carbonyl (C=O) groups excluding carboxylic acids is 1. The Hall–Kier alpha value is -1.47. The number of rotatable bonds is 4. The van der Waals surface area contributed by atoms with Crippen molar-refractivity contribution in [1.82, 2.24) is 0 Å². The molecule has 6 nitrogen and oxygen atoms in total. The Bertz CT molecular complexity index is 646. The number of ether oxygens (including phenoxy) is 1. The molecule has 0 aliphatic heterocycles. The fourth-order valence-electron chi connectivity index (χ4n) is 2.53. The average Bonchev–Trinajstić information content (AvgIpc) is 2.92. The highest BCUT2D eigenvalue weighted by atomic mass is 35.5. The number of nitrogens with one attached hydrogen (secondary N) is 1. The highest BCUT2D eigenvalue weighted by molar-refractivity contribution is 7.93. The van der Waals surface area contributed by atoms with Crippen molar-refractivity contribution in [2.75, 3.05) is 11.8 Å². The number of benzene rings is 1. The van der Waals surface area contributed by atoms with Crippen molar-refractivity contribution in [2.45, 2.75) is 24.5 Å². The average molecular weight is 334 g/mol. The Morgan fingerprint density at radius 2 is 2.14 bits per heavy atom. The topological polar surface area (TPSA) is 92.7 Å². The van der Waals surface area contributed by atoms with Gasteiger partial charge in [-0.3, -0.25) is 9.52 Å². The molecule has 1 aliphatic rings. The second-order valence-electron chi connectivity index (χ2n) is 4.91. The van der Waals surface area contributed by atoms with Crippen LogP contribution in [0.4, 0.5) is 5.69 Å². The van der Waals surface area contributed by atoms with Crippen LogP contribution in [-0.4, -0.2) is 31.9 Å². The largest absolute Gasteiger partial charge is 0.506 e. The molecule has 1 fully saturated rings. The molecule has 0 bridgehead atoms. The Morgan fingerprint density at radius 3 is 2.76 bits per heavy atom. The predicted octanol–water partition coefficient (Wildman–Crippen LogP) is 2.13. The quantitative estimate of drug-likeness (QED) is 0.650. The predicted molar refractivity (Wildman–Crippen MR) is 78.8 cm³/mol. The summed E-state index contributed by atoms with van der Waals surface area (Å²) < 4.78 is 31.9. The molecule has 2 atom stereocenters. The summed E-state index contributed by atoms with van der Waals surface area (Å²) in [5, 5.41) is 8.56. The molecule has 116 valence electrons. The molecule has 8 heteroatoms. The molecule has 1 saturated carbocycles. The smallest absolute Gasteiger partial charge is 0.310 e. The van der Waals surface area contributed by atoms with E-state index in [2.05, 4.69) is 9.46 Å². The van der Waals surface area contributed by atoms with Gasteiger partial charge in [0.2, 0.25) is 10.0 Å². The molecule has 21 heavy (non-hydrogen) atoms. The lowest BCUT2D eigenvalue weighted by Crippen LogP contribution is -2.35. The molecule has 1 aliphatic carbocycles. The van der Waals surface area contributed by atoms with Crippen LogP contribution < -0.4 is 4.72 Å². The lowest BCUT2D eigenvalue weighted by Gasteiger charge is -2.19. The van der Waals surface area contributed by atoms with Crippen LogP contribution >= 0.6 is 11.6 Å². The number of hydrogen-bond acceptors (Lipinski definition) is 5. The zero-order valence-electron chi connectivity index (χ0n) is 11.4. The van der Waals surface area contributed by atoms with Gasteiger partial charge in [0.15, 0.2) is 0 Å². The molecule has 0 spiro atoms. The van der Waals surface area contributed by atoms with E-state index in [4.69, 9.17) is 11.6 Å². The van der Waals surface area contributed by atoms with Crippen LogP contribution in [0.2, 0.25) is 5.02 Å². The van der Waals surface area contributed by atoms with Crippen molar-refractivity contribution in [2.24, 2.45) is 5.92 Å². The van der Waals surface area contributed by atoms with Gasteiger partial charge in [-0.15, -0.1) is 0 Å². The van der Waals surface area contributed by atoms with E-state index in [1.54, 1.807) is 0 Å². The Kier molecular flexibility index (Phi) is 4.63. The lowest BCUT2D eigenvalue weighted by molar-refractivity contribution is -0.145. The lowest BCUT2D eigenvalue weighted by atomic mass is 10.1. The first kappa shape index (κ1) is 15.9. The number of phenols is 1. The number of halogens is 1. The second-order valence-corrected chi connectivity index (χ2v) is 7.22. The Balaban J connectivity index is 2.21. The van der Waals surface area contributed by atoms with Crippen LogP contribution in [0, 0.1) is 5.92 Å². The summed E-state index contributed by atoms with van der Waals surface area (Å²) >= 11 is 5.74. The van der Waals surface area contributed by atoms with E-state index in [1.165, 1.54) is 25.3 Å². The zero-order chi connectivity index (χ0) is 15.6. The third kappa shape index (κ3) is 3.41. The summed E-state index contributed by atoms with van der Waals surface area (Å²) in [7, 11) is -2.49. The van der Waals surface area contributed by atoms with Crippen LogP contribution in [0.3, 0.4) is 0 Å². The summed E-state index contributed by atoms with van der Waals surface area (Å²) in [6.45, 7) is 0.